The van der Waals surface area contributed by atoms with Gasteiger partial charge in [0.15, 0.2) is 0 Å². The monoisotopic (exact) mass is 413 g/mol. The fraction of sp³-hybridized carbons (Fsp3) is 0.625. The molecular weight excluding hydrogens is 378 g/mol. The van der Waals surface area contributed by atoms with Crippen LogP contribution in [0.2, 0.25) is 0 Å². The second-order valence-electron chi connectivity index (χ2n) is 8.20. The minimum absolute atomic E-state index is 0.206. The number of benzene rings is 1. The van der Waals surface area contributed by atoms with Crippen LogP contribution in [0.3, 0.4) is 0 Å². The highest BCUT2D eigenvalue weighted by molar-refractivity contribution is 5.77. The van der Waals surface area contributed by atoms with E-state index in [0.29, 0.717) is 18.7 Å². The molecular formula is C24H35N3O3. The maximum atomic E-state index is 12.9. The Morgan fingerprint density at radius 3 is 2.50 bits per heavy atom. The summed E-state index contributed by atoms with van der Waals surface area (Å²) in [6.07, 6.45) is 11.9. The molecule has 0 bridgehead atoms. The minimum Gasteiger partial charge on any atom is -0.494 e. The van der Waals surface area contributed by atoms with Crippen molar-refractivity contribution in [3.63, 3.8) is 0 Å². The Morgan fingerprint density at radius 1 is 1.00 bits per heavy atom. The lowest BCUT2D eigenvalue weighted by molar-refractivity contribution is 0.0877. The number of nitrogens with zero attached hydrogens (tertiary/aromatic N) is 3. The Hall–Kier alpha value is -2.37. The van der Waals surface area contributed by atoms with E-state index >= 15 is 0 Å². The van der Waals surface area contributed by atoms with Crippen molar-refractivity contribution in [3.8, 4) is 11.4 Å². The second kappa shape index (κ2) is 11.1. The smallest absolute Gasteiger partial charge is 0.357 e. The molecule has 30 heavy (non-hydrogen) atoms. The van der Waals surface area contributed by atoms with E-state index in [1.165, 1.54) is 25.7 Å². The number of unbranched alkanes of at least 4 members (excludes halogenated alkanes) is 7. The Balaban J connectivity index is 1.66. The van der Waals surface area contributed by atoms with E-state index in [1.54, 1.807) is 4.57 Å². The highest BCUT2D eigenvalue weighted by Gasteiger charge is 2.24. The molecule has 1 aliphatic heterocycles. The van der Waals surface area contributed by atoms with Crippen molar-refractivity contribution in [2.45, 2.75) is 90.9 Å². The third kappa shape index (κ3) is 5.41. The van der Waals surface area contributed by atoms with Crippen molar-refractivity contribution in [2.75, 3.05) is 6.61 Å². The van der Waals surface area contributed by atoms with E-state index in [4.69, 9.17) is 4.74 Å². The summed E-state index contributed by atoms with van der Waals surface area (Å²) in [7, 11) is 0. The molecule has 0 aliphatic carbocycles. The number of aryl methyl sites for hydroxylation is 2. The van der Waals surface area contributed by atoms with Gasteiger partial charge in [-0.15, -0.1) is 9.78 Å². The molecule has 2 heterocycles. The normalized spacial score (nSPS) is 12.5. The molecule has 0 radical (unpaired) electrons. The van der Waals surface area contributed by atoms with Gasteiger partial charge in [-0.3, -0.25) is 4.79 Å². The summed E-state index contributed by atoms with van der Waals surface area (Å²) in [5.41, 5.74) is 1.54. The molecule has 1 aromatic carbocycles. The van der Waals surface area contributed by atoms with Gasteiger partial charge in [-0.2, -0.15) is 0 Å². The first-order chi connectivity index (χ1) is 14.7. The zero-order chi connectivity index (χ0) is 21.3. The quantitative estimate of drug-likeness (QED) is 0.455. The standard InChI is InChI=1S/C24H35N3O3/c1-3-5-7-9-11-17-30-20-14-15-21-19(18-20)13-16-22-25-27(24(29)26(21)22)23(28)12-10-8-6-4-2/h14-15,18H,3-13,16-17H2,1-2H3. The number of ether oxygens (including phenoxy) is 1. The lowest BCUT2D eigenvalue weighted by atomic mass is 10.0. The average Bonchev–Trinajstić information content (AvgIpc) is 3.10. The summed E-state index contributed by atoms with van der Waals surface area (Å²) in [5.74, 6) is 1.31. The molecule has 6 nitrogen and oxygen atoms in total. The van der Waals surface area contributed by atoms with E-state index in [2.05, 4.69) is 18.9 Å². The second-order valence-corrected chi connectivity index (χ2v) is 8.20. The van der Waals surface area contributed by atoms with Crippen molar-refractivity contribution in [1.82, 2.24) is 14.3 Å². The third-order valence-electron chi connectivity index (χ3n) is 5.75. The summed E-state index contributed by atoms with van der Waals surface area (Å²) >= 11 is 0. The number of carbonyl (C=O) groups excluding carboxylic acids is 1. The number of hydrogen-bond acceptors (Lipinski definition) is 4. The van der Waals surface area contributed by atoms with Crippen LogP contribution < -0.4 is 10.4 Å². The van der Waals surface area contributed by atoms with Crippen molar-refractivity contribution >= 4 is 5.91 Å². The zero-order valence-corrected chi connectivity index (χ0v) is 18.5. The van der Waals surface area contributed by atoms with Crippen molar-refractivity contribution in [3.05, 3.63) is 40.1 Å². The number of fused-ring (bicyclic) bond motifs is 3. The summed E-state index contributed by atoms with van der Waals surface area (Å²) in [5, 5.41) is 4.34. The van der Waals surface area contributed by atoms with Crippen LogP contribution in [0.25, 0.3) is 5.69 Å². The minimum atomic E-state index is -0.351. The topological polar surface area (TPSA) is 66.1 Å². The molecule has 0 saturated carbocycles. The molecule has 1 aromatic heterocycles. The van der Waals surface area contributed by atoms with Crippen LogP contribution >= 0.6 is 0 Å². The molecule has 0 spiro atoms. The number of rotatable bonds is 12. The van der Waals surface area contributed by atoms with Crippen LogP contribution in [0.4, 0.5) is 0 Å². The summed E-state index contributed by atoms with van der Waals surface area (Å²) in [6, 6.07) is 5.86. The largest absolute Gasteiger partial charge is 0.494 e. The van der Waals surface area contributed by atoms with Gasteiger partial charge in [0.2, 0.25) is 0 Å². The third-order valence-corrected chi connectivity index (χ3v) is 5.75. The van der Waals surface area contributed by atoms with Crippen molar-refractivity contribution < 1.29 is 9.53 Å². The van der Waals surface area contributed by atoms with Crippen LogP contribution in [0.15, 0.2) is 23.0 Å². The maximum absolute atomic E-state index is 12.9. The van der Waals surface area contributed by atoms with Crippen molar-refractivity contribution in [1.29, 1.82) is 0 Å². The van der Waals surface area contributed by atoms with Gasteiger partial charge in [0, 0.05) is 12.8 Å². The molecule has 2 aromatic rings. The summed E-state index contributed by atoms with van der Waals surface area (Å²) in [6.45, 7) is 5.07. The highest BCUT2D eigenvalue weighted by atomic mass is 16.5. The van der Waals surface area contributed by atoms with Crippen LogP contribution in [0.5, 0.6) is 5.75 Å². The predicted octanol–water partition coefficient (Wildman–Crippen LogP) is 5.09. The first kappa shape index (κ1) is 22.3. The van der Waals surface area contributed by atoms with E-state index in [1.807, 2.05) is 18.2 Å². The molecule has 0 amide bonds. The molecule has 1 aliphatic rings. The summed E-state index contributed by atoms with van der Waals surface area (Å²) < 4.78 is 8.58. The average molecular weight is 414 g/mol. The number of hydrogen-bond donors (Lipinski definition) is 0. The Labute approximate surface area is 179 Å². The first-order valence-corrected chi connectivity index (χ1v) is 11.7. The lowest BCUT2D eigenvalue weighted by Gasteiger charge is -2.18. The van der Waals surface area contributed by atoms with Gasteiger partial charge in [0.1, 0.15) is 11.6 Å². The molecule has 0 fully saturated rings. The summed E-state index contributed by atoms with van der Waals surface area (Å²) in [4.78, 5) is 25.4. The van der Waals surface area contributed by atoms with Gasteiger partial charge in [-0.05, 0) is 43.0 Å². The molecule has 6 heteroatoms. The number of aromatic nitrogens is 3. The van der Waals surface area contributed by atoms with E-state index in [-0.39, 0.29) is 11.6 Å². The van der Waals surface area contributed by atoms with E-state index < -0.39 is 0 Å². The van der Waals surface area contributed by atoms with E-state index in [0.717, 1.165) is 66.8 Å². The fourth-order valence-corrected chi connectivity index (χ4v) is 4.00. The molecule has 0 atom stereocenters. The molecule has 0 N–H and O–H groups in total. The highest BCUT2D eigenvalue weighted by Crippen LogP contribution is 2.26. The van der Waals surface area contributed by atoms with Gasteiger partial charge < -0.3 is 4.74 Å². The Kier molecular flexibility index (Phi) is 8.29. The molecule has 0 saturated heterocycles. The maximum Gasteiger partial charge on any atom is 0.357 e. The SMILES string of the molecule is CCCCCCCOc1ccc2c(c1)CCc1nn(C(=O)CCCCCC)c(=O)n1-2. The number of carbonyl (C=O) groups is 1. The van der Waals surface area contributed by atoms with Gasteiger partial charge in [-0.25, -0.2) is 9.36 Å². The van der Waals surface area contributed by atoms with Crippen LogP contribution in [-0.4, -0.2) is 26.9 Å². The van der Waals surface area contributed by atoms with Crippen LogP contribution in [0.1, 0.15) is 94.2 Å². The molecule has 0 unspecified atom stereocenters. The fourth-order valence-electron chi connectivity index (χ4n) is 4.00. The van der Waals surface area contributed by atoms with Gasteiger partial charge >= 0.3 is 5.69 Å². The van der Waals surface area contributed by atoms with E-state index in [9.17, 15) is 9.59 Å². The first-order valence-electron chi connectivity index (χ1n) is 11.7. The molecule has 164 valence electrons. The predicted molar refractivity (Wildman–Crippen MR) is 119 cm³/mol. The van der Waals surface area contributed by atoms with Gasteiger partial charge in [0.05, 0.1) is 12.3 Å². The van der Waals surface area contributed by atoms with Crippen LogP contribution in [-0.2, 0) is 12.8 Å². The van der Waals surface area contributed by atoms with Crippen LogP contribution in [0, 0.1) is 0 Å². The Morgan fingerprint density at radius 2 is 1.73 bits per heavy atom. The van der Waals surface area contributed by atoms with Crippen molar-refractivity contribution in [2.24, 2.45) is 0 Å². The molecule has 3 rings (SSSR count). The van der Waals surface area contributed by atoms with Gasteiger partial charge in [-0.1, -0.05) is 58.8 Å². The zero-order valence-electron chi connectivity index (χ0n) is 18.5. The Bertz CT molecular complexity index is 898. The lowest BCUT2D eigenvalue weighted by Crippen LogP contribution is -2.30. The van der Waals surface area contributed by atoms with Gasteiger partial charge in [0.25, 0.3) is 5.91 Å².